The monoisotopic (exact) mass is 279 g/mol. The molecule has 6 heteroatoms. The van der Waals surface area contributed by atoms with E-state index in [1.54, 1.807) is 6.07 Å². The molecule has 1 aliphatic rings. The van der Waals surface area contributed by atoms with Crippen LogP contribution in [-0.2, 0) is 0 Å². The van der Waals surface area contributed by atoms with E-state index in [1.807, 2.05) is 0 Å². The summed E-state index contributed by atoms with van der Waals surface area (Å²) in [5, 5.41) is 2.47. The van der Waals surface area contributed by atoms with Crippen molar-refractivity contribution in [3.8, 4) is 0 Å². The number of halogens is 3. The lowest BCUT2D eigenvalue weighted by atomic mass is 9.88. The standard InChI is InChI=1S/C9H8BrF2NO2/c10-7-2-1-6(15-7)8(14)13-5-3-9(11,12)4-5/h1-2,5H,3-4H2,(H,13,14). The van der Waals surface area contributed by atoms with Gasteiger partial charge in [-0.25, -0.2) is 8.78 Å². The van der Waals surface area contributed by atoms with Gasteiger partial charge < -0.3 is 9.73 Å². The van der Waals surface area contributed by atoms with Gasteiger partial charge in [0.1, 0.15) is 0 Å². The molecule has 1 heterocycles. The van der Waals surface area contributed by atoms with E-state index in [0.717, 1.165) is 0 Å². The summed E-state index contributed by atoms with van der Waals surface area (Å²) in [6.07, 6.45) is -0.582. The molecular weight excluding hydrogens is 272 g/mol. The molecule has 15 heavy (non-hydrogen) atoms. The third-order valence-electron chi connectivity index (χ3n) is 2.22. The Kier molecular flexibility index (Phi) is 2.54. The Morgan fingerprint density at radius 2 is 2.20 bits per heavy atom. The largest absolute Gasteiger partial charge is 0.444 e. The summed E-state index contributed by atoms with van der Waals surface area (Å²) in [5.41, 5.74) is 0. The van der Waals surface area contributed by atoms with Crippen LogP contribution in [0.2, 0.25) is 0 Å². The molecule has 1 N–H and O–H groups in total. The maximum atomic E-state index is 12.5. The number of hydrogen-bond donors (Lipinski definition) is 1. The van der Waals surface area contributed by atoms with Crippen molar-refractivity contribution in [1.29, 1.82) is 0 Å². The normalized spacial score (nSPS) is 19.7. The van der Waals surface area contributed by atoms with Gasteiger partial charge in [0.2, 0.25) is 0 Å². The van der Waals surface area contributed by atoms with E-state index in [9.17, 15) is 13.6 Å². The van der Waals surface area contributed by atoms with Crippen molar-refractivity contribution in [2.24, 2.45) is 0 Å². The summed E-state index contributed by atoms with van der Waals surface area (Å²) in [5.74, 6) is -2.96. The Balaban J connectivity index is 1.89. The van der Waals surface area contributed by atoms with Crippen LogP contribution in [0.4, 0.5) is 8.78 Å². The number of rotatable bonds is 2. The molecule has 0 aromatic carbocycles. The van der Waals surface area contributed by atoms with E-state index in [-0.39, 0.29) is 18.6 Å². The lowest BCUT2D eigenvalue weighted by Gasteiger charge is -2.34. The zero-order chi connectivity index (χ0) is 11.1. The molecule has 1 saturated carbocycles. The first kappa shape index (κ1) is 10.6. The fourth-order valence-corrected chi connectivity index (χ4v) is 1.76. The van der Waals surface area contributed by atoms with Gasteiger partial charge in [0.25, 0.3) is 11.8 Å². The first-order valence-electron chi connectivity index (χ1n) is 4.40. The fourth-order valence-electron chi connectivity index (χ4n) is 1.46. The molecule has 1 fully saturated rings. The fraction of sp³-hybridized carbons (Fsp3) is 0.444. The highest BCUT2D eigenvalue weighted by atomic mass is 79.9. The van der Waals surface area contributed by atoms with Gasteiger partial charge in [0, 0.05) is 18.9 Å². The molecule has 0 radical (unpaired) electrons. The van der Waals surface area contributed by atoms with Crippen LogP contribution in [-0.4, -0.2) is 17.9 Å². The zero-order valence-electron chi connectivity index (χ0n) is 7.60. The molecule has 82 valence electrons. The third-order valence-corrected chi connectivity index (χ3v) is 2.65. The second-order valence-electron chi connectivity index (χ2n) is 3.54. The molecule has 1 aromatic heterocycles. The van der Waals surface area contributed by atoms with Crippen molar-refractivity contribution >= 4 is 21.8 Å². The van der Waals surface area contributed by atoms with E-state index in [4.69, 9.17) is 4.42 Å². The quantitative estimate of drug-likeness (QED) is 0.904. The molecule has 1 aromatic rings. The van der Waals surface area contributed by atoms with Gasteiger partial charge in [-0.3, -0.25) is 4.79 Å². The number of carbonyl (C=O) groups is 1. The second kappa shape index (κ2) is 3.59. The summed E-state index contributed by atoms with van der Waals surface area (Å²) < 4.78 is 30.3. The maximum Gasteiger partial charge on any atom is 0.287 e. The van der Waals surface area contributed by atoms with Crippen molar-refractivity contribution < 1.29 is 18.0 Å². The Morgan fingerprint density at radius 1 is 1.53 bits per heavy atom. The molecule has 0 unspecified atom stereocenters. The molecule has 0 spiro atoms. The maximum absolute atomic E-state index is 12.5. The SMILES string of the molecule is O=C(NC1CC(F)(F)C1)c1ccc(Br)o1. The summed E-state index contributed by atoms with van der Waals surface area (Å²) in [6, 6.07) is 2.61. The lowest BCUT2D eigenvalue weighted by Crippen LogP contribution is -2.50. The van der Waals surface area contributed by atoms with Crippen molar-refractivity contribution in [3.63, 3.8) is 0 Å². The Labute approximate surface area is 93.0 Å². The van der Waals surface area contributed by atoms with Crippen molar-refractivity contribution in [3.05, 3.63) is 22.6 Å². The molecule has 2 rings (SSSR count). The predicted octanol–water partition coefficient (Wildman–Crippen LogP) is 2.57. The van der Waals surface area contributed by atoms with Gasteiger partial charge >= 0.3 is 0 Å². The Morgan fingerprint density at radius 3 is 2.67 bits per heavy atom. The molecule has 3 nitrogen and oxygen atoms in total. The molecule has 0 bridgehead atoms. The minimum absolute atomic E-state index is 0.122. The van der Waals surface area contributed by atoms with Crippen LogP contribution in [0.1, 0.15) is 23.4 Å². The van der Waals surface area contributed by atoms with Gasteiger partial charge in [0.05, 0.1) is 0 Å². The van der Waals surface area contributed by atoms with Crippen molar-refractivity contribution in [1.82, 2.24) is 5.32 Å². The molecule has 0 atom stereocenters. The number of furan rings is 1. The highest BCUT2D eigenvalue weighted by molar-refractivity contribution is 9.10. The van der Waals surface area contributed by atoms with Crippen LogP contribution in [0.25, 0.3) is 0 Å². The van der Waals surface area contributed by atoms with Gasteiger partial charge in [-0.15, -0.1) is 0 Å². The van der Waals surface area contributed by atoms with Gasteiger partial charge in [0.15, 0.2) is 10.4 Å². The van der Waals surface area contributed by atoms with Gasteiger partial charge in [-0.1, -0.05) is 0 Å². The summed E-state index contributed by atoms with van der Waals surface area (Å²) in [4.78, 5) is 11.4. The second-order valence-corrected chi connectivity index (χ2v) is 4.32. The van der Waals surface area contributed by atoms with Crippen molar-refractivity contribution in [2.75, 3.05) is 0 Å². The van der Waals surface area contributed by atoms with Crippen LogP contribution in [0.5, 0.6) is 0 Å². The molecule has 0 aliphatic heterocycles. The Bertz CT molecular complexity index is 383. The number of carbonyl (C=O) groups excluding carboxylic acids is 1. The smallest absolute Gasteiger partial charge is 0.287 e. The van der Waals surface area contributed by atoms with Crippen LogP contribution in [0.15, 0.2) is 21.2 Å². The summed E-state index contributed by atoms with van der Waals surface area (Å²) in [7, 11) is 0. The summed E-state index contributed by atoms with van der Waals surface area (Å²) in [6.45, 7) is 0. The topological polar surface area (TPSA) is 42.2 Å². The lowest BCUT2D eigenvalue weighted by molar-refractivity contribution is -0.0902. The highest BCUT2D eigenvalue weighted by Gasteiger charge is 2.46. The first-order chi connectivity index (χ1) is 6.96. The first-order valence-corrected chi connectivity index (χ1v) is 5.20. The van der Waals surface area contributed by atoms with Crippen LogP contribution < -0.4 is 5.32 Å². The van der Waals surface area contributed by atoms with E-state index < -0.39 is 17.9 Å². The average Bonchev–Trinajstić information content (AvgIpc) is 2.48. The zero-order valence-corrected chi connectivity index (χ0v) is 9.18. The number of alkyl halides is 2. The predicted molar refractivity (Wildman–Crippen MR) is 51.8 cm³/mol. The number of nitrogens with one attached hydrogen (secondary N) is 1. The van der Waals surface area contributed by atoms with Crippen LogP contribution >= 0.6 is 15.9 Å². The molecular formula is C9H8BrF2NO2. The highest BCUT2D eigenvalue weighted by Crippen LogP contribution is 2.37. The van der Waals surface area contributed by atoms with Crippen LogP contribution in [0.3, 0.4) is 0 Å². The minimum atomic E-state index is -2.62. The molecule has 1 aliphatic carbocycles. The summed E-state index contributed by atoms with van der Waals surface area (Å²) >= 11 is 3.05. The van der Waals surface area contributed by atoms with Crippen molar-refractivity contribution in [2.45, 2.75) is 24.8 Å². The van der Waals surface area contributed by atoms with Crippen LogP contribution in [0, 0.1) is 0 Å². The average molecular weight is 280 g/mol. The minimum Gasteiger partial charge on any atom is -0.444 e. The Hall–Kier alpha value is -0.910. The van der Waals surface area contributed by atoms with E-state index >= 15 is 0 Å². The third kappa shape index (κ3) is 2.37. The number of amides is 1. The molecule has 0 saturated heterocycles. The van der Waals surface area contributed by atoms with E-state index in [2.05, 4.69) is 21.2 Å². The van der Waals surface area contributed by atoms with E-state index in [0.29, 0.717) is 4.67 Å². The van der Waals surface area contributed by atoms with Gasteiger partial charge in [-0.2, -0.15) is 0 Å². The number of hydrogen-bond acceptors (Lipinski definition) is 2. The van der Waals surface area contributed by atoms with E-state index in [1.165, 1.54) is 6.07 Å². The molecule has 1 amide bonds. The van der Waals surface area contributed by atoms with Gasteiger partial charge in [-0.05, 0) is 28.1 Å².